The number of benzene rings is 1. The third kappa shape index (κ3) is 2.64. The maximum atomic E-state index is 12.0. The minimum atomic E-state index is -0.818. The van der Waals surface area contributed by atoms with E-state index in [0.29, 0.717) is 0 Å². The van der Waals surface area contributed by atoms with Crippen molar-refractivity contribution in [1.82, 2.24) is 4.90 Å². The van der Waals surface area contributed by atoms with Gasteiger partial charge in [0.1, 0.15) is 0 Å². The Kier molecular flexibility index (Phi) is 3.92. The highest BCUT2D eigenvalue weighted by atomic mass is 16.3. The molecular formula is C16H19NO2. The fourth-order valence-corrected chi connectivity index (χ4v) is 2.65. The molecule has 0 saturated heterocycles. The molecule has 1 unspecified atom stereocenters. The lowest BCUT2D eigenvalue weighted by molar-refractivity contribution is -0.141. The Labute approximate surface area is 114 Å². The number of hydrogen-bond acceptors (Lipinski definition) is 2. The largest absolute Gasteiger partial charge is 0.387 e. The van der Waals surface area contributed by atoms with Gasteiger partial charge in [0, 0.05) is 7.05 Å². The molecule has 1 aromatic carbocycles. The van der Waals surface area contributed by atoms with Gasteiger partial charge in [-0.1, -0.05) is 36.3 Å². The molecule has 0 bridgehead atoms. The van der Waals surface area contributed by atoms with E-state index in [0.717, 1.165) is 24.8 Å². The van der Waals surface area contributed by atoms with E-state index in [1.54, 1.807) is 18.9 Å². The van der Waals surface area contributed by atoms with Crippen LogP contribution >= 0.6 is 0 Å². The number of hydrogen-bond donors (Lipinski definition) is 1. The van der Waals surface area contributed by atoms with Crippen molar-refractivity contribution >= 4 is 5.91 Å². The lowest BCUT2D eigenvalue weighted by atomic mass is 9.72. The number of carbonyl (C=O) groups excluding carboxylic acids is 1. The van der Waals surface area contributed by atoms with Crippen LogP contribution in [0.15, 0.2) is 30.3 Å². The predicted molar refractivity (Wildman–Crippen MR) is 74.2 cm³/mol. The van der Waals surface area contributed by atoms with Crippen molar-refractivity contribution in [2.75, 3.05) is 7.05 Å². The molecular weight excluding hydrogens is 238 g/mol. The van der Waals surface area contributed by atoms with Gasteiger partial charge in [-0.25, -0.2) is 0 Å². The molecule has 1 aliphatic carbocycles. The van der Waals surface area contributed by atoms with E-state index in [1.165, 1.54) is 0 Å². The minimum Gasteiger partial charge on any atom is -0.387 e. The predicted octanol–water partition coefficient (Wildman–Crippen LogP) is 2.12. The summed E-state index contributed by atoms with van der Waals surface area (Å²) in [6.45, 7) is 1.64. The molecule has 1 saturated carbocycles. The third-order valence-electron chi connectivity index (χ3n) is 3.78. The molecule has 1 aliphatic rings. The molecule has 100 valence electrons. The van der Waals surface area contributed by atoms with E-state index in [9.17, 15) is 9.90 Å². The number of nitrogens with zero attached hydrogens (tertiary/aromatic N) is 1. The Morgan fingerprint density at radius 1 is 1.37 bits per heavy atom. The van der Waals surface area contributed by atoms with E-state index in [4.69, 9.17) is 0 Å². The maximum Gasteiger partial charge on any atom is 0.298 e. The fourth-order valence-electron chi connectivity index (χ4n) is 2.65. The molecule has 2 rings (SSSR count). The highest BCUT2D eigenvalue weighted by Gasteiger charge is 2.46. The summed E-state index contributed by atoms with van der Waals surface area (Å²) in [4.78, 5) is 13.5. The van der Waals surface area contributed by atoms with Crippen molar-refractivity contribution in [3.05, 3.63) is 35.9 Å². The Hall–Kier alpha value is -1.79. The number of rotatable bonds is 3. The molecule has 0 aliphatic heterocycles. The van der Waals surface area contributed by atoms with Gasteiger partial charge >= 0.3 is 0 Å². The van der Waals surface area contributed by atoms with Crippen molar-refractivity contribution in [1.29, 1.82) is 0 Å². The van der Waals surface area contributed by atoms with Crippen LogP contribution in [-0.2, 0) is 4.79 Å². The van der Waals surface area contributed by atoms with Crippen molar-refractivity contribution in [3.8, 4) is 11.8 Å². The molecule has 0 radical (unpaired) electrons. The Balaban J connectivity index is 2.34. The van der Waals surface area contributed by atoms with E-state index in [1.807, 2.05) is 30.3 Å². The minimum absolute atomic E-state index is 0.253. The van der Waals surface area contributed by atoms with Gasteiger partial charge < -0.3 is 10.0 Å². The summed E-state index contributed by atoms with van der Waals surface area (Å²) in [5.74, 6) is 4.91. The van der Waals surface area contributed by atoms with E-state index in [2.05, 4.69) is 11.8 Å². The zero-order chi connectivity index (χ0) is 13.9. The highest BCUT2D eigenvalue weighted by Crippen LogP contribution is 2.44. The molecule has 1 amide bonds. The molecule has 3 heteroatoms. The van der Waals surface area contributed by atoms with Gasteiger partial charge in [-0.05, 0) is 37.7 Å². The SMILES string of the molecule is CC#CC(=O)N(C)C(c1ccccc1)C1(O)CCC1. The quantitative estimate of drug-likeness (QED) is 0.843. The number of aliphatic hydroxyl groups is 1. The van der Waals surface area contributed by atoms with Crippen LogP contribution < -0.4 is 0 Å². The van der Waals surface area contributed by atoms with Crippen molar-refractivity contribution in [3.63, 3.8) is 0 Å². The zero-order valence-corrected chi connectivity index (χ0v) is 11.4. The second-order valence-corrected chi connectivity index (χ2v) is 5.06. The number of carbonyl (C=O) groups is 1. The van der Waals surface area contributed by atoms with Crippen LogP contribution in [0.1, 0.15) is 37.8 Å². The molecule has 1 atom stereocenters. The van der Waals surface area contributed by atoms with Crippen molar-refractivity contribution in [2.24, 2.45) is 0 Å². The summed E-state index contributed by atoms with van der Waals surface area (Å²) < 4.78 is 0. The molecule has 19 heavy (non-hydrogen) atoms. The van der Waals surface area contributed by atoms with Crippen LogP contribution in [0.3, 0.4) is 0 Å². The van der Waals surface area contributed by atoms with Crippen LogP contribution in [-0.4, -0.2) is 28.6 Å². The van der Waals surface area contributed by atoms with Crippen LogP contribution in [0.4, 0.5) is 0 Å². The molecule has 1 N–H and O–H groups in total. The molecule has 0 spiro atoms. The average molecular weight is 257 g/mol. The van der Waals surface area contributed by atoms with E-state index < -0.39 is 5.60 Å². The Bertz CT molecular complexity index is 509. The monoisotopic (exact) mass is 257 g/mol. The smallest absolute Gasteiger partial charge is 0.298 e. The second kappa shape index (κ2) is 5.46. The standard InChI is InChI=1S/C16H19NO2/c1-3-8-14(18)17(2)15(16(19)11-7-12-16)13-9-5-4-6-10-13/h4-6,9-10,15,19H,7,11-12H2,1-2H3. The van der Waals surface area contributed by atoms with Crippen molar-refractivity contribution in [2.45, 2.75) is 37.8 Å². The topological polar surface area (TPSA) is 40.5 Å². The van der Waals surface area contributed by atoms with Gasteiger partial charge in [-0.2, -0.15) is 0 Å². The molecule has 0 heterocycles. The van der Waals surface area contributed by atoms with Crippen LogP contribution in [0.25, 0.3) is 0 Å². The Morgan fingerprint density at radius 2 is 2.00 bits per heavy atom. The normalized spacial score (nSPS) is 17.6. The summed E-state index contributed by atoms with van der Waals surface area (Å²) in [5, 5.41) is 10.7. The zero-order valence-electron chi connectivity index (χ0n) is 11.4. The molecule has 0 aromatic heterocycles. The first-order valence-corrected chi connectivity index (χ1v) is 6.55. The average Bonchev–Trinajstić information content (AvgIpc) is 2.38. The summed E-state index contributed by atoms with van der Waals surface area (Å²) in [6.07, 6.45) is 2.45. The van der Waals surface area contributed by atoms with Crippen molar-refractivity contribution < 1.29 is 9.90 Å². The molecule has 1 aromatic rings. The molecule has 3 nitrogen and oxygen atoms in total. The summed E-state index contributed by atoms with van der Waals surface area (Å²) >= 11 is 0. The fraction of sp³-hybridized carbons (Fsp3) is 0.438. The lowest BCUT2D eigenvalue weighted by Crippen LogP contribution is -2.51. The Morgan fingerprint density at radius 3 is 2.47 bits per heavy atom. The summed E-state index contributed by atoms with van der Waals surface area (Å²) in [5.41, 5.74) is 0.139. The third-order valence-corrected chi connectivity index (χ3v) is 3.78. The van der Waals surface area contributed by atoms with Crippen LogP contribution in [0.2, 0.25) is 0 Å². The van der Waals surface area contributed by atoms with Gasteiger partial charge in [0.2, 0.25) is 0 Å². The van der Waals surface area contributed by atoms with E-state index >= 15 is 0 Å². The lowest BCUT2D eigenvalue weighted by Gasteiger charge is -2.46. The van der Waals surface area contributed by atoms with Crippen LogP contribution in [0, 0.1) is 11.8 Å². The second-order valence-electron chi connectivity index (χ2n) is 5.06. The maximum absolute atomic E-state index is 12.0. The first kappa shape index (κ1) is 13.6. The summed E-state index contributed by atoms with van der Waals surface area (Å²) in [6, 6.07) is 9.35. The number of likely N-dealkylation sites (N-methyl/N-ethyl adjacent to an activating group) is 1. The van der Waals surface area contributed by atoms with Gasteiger partial charge in [0.05, 0.1) is 11.6 Å². The highest BCUT2D eigenvalue weighted by molar-refractivity contribution is 5.93. The summed E-state index contributed by atoms with van der Waals surface area (Å²) in [7, 11) is 1.71. The first-order chi connectivity index (χ1) is 9.08. The van der Waals surface area contributed by atoms with Gasteiger partial charge in [0.25, 0.3) is 5.91 Å². The van der Waals surface area contributed by atoms with E-state index in [-0.39, 0.29) is 11.9 Å². The number of amides is 1. The van der Waals surface area contributed by atoms with Gasteiger partial charge in [-0.3, -0.25) is 4.79 Å². The molecule has 1 fully saturated rings. The van der Waals surface area contributed by atoms with Gasteiger partial charge in [-0.15, -0.1) is 0 Å². The first-order valence-electron chi connectivity index (χ1n) is 6.55. The van der Waals surface area contributed by atoms with Crippen LogP contribution in [0.5, 0.6) is 0 Å². The van der Waals surface area contributed by atoms with Gasteiger partial charge in [0.15, 0.2) is 0 Å².